The fourth-order valence-electron chi connectivity index (χ4n) is 2.28. The van der Waals surface area contributed by atoms with Crippen molar-refractivity contribution in [1.82, 2.24) is 0 Å². The van der Waals surface area contributed by atoms with Crippen LogP contribution in [0.4, 0.5) is 0 Å². The Morgan fingerprint density at radius 1 is 1.00 bits per heavy atom. The third-order valence-corrected chi connectivity index (χ3v) is 3.08. The predicted molar refractivity (Wildman–Crippen MR) is 76.7 cm³/mol. The Kier molecular flexibility index (Phi) is 4.00. The van der Waals surface area contributed by atoms with Crippen molar-refractivity contribution in [3.8, 4) is 5.75 Å². The minimum atomic E-state index is -0.293. The molecule has 0 heterocycles. The summed E-state index contributed by atoms with van der Waals surface area (Å²) in [6.45, 7) is 6.19. The van der Waals surface area contributed by atoms with Crippen LogP contribution in [-0.4, -0.2) is 5.97 Å². The Morgan fingerprint density at radius 2 is 1.68 bits per heavy atom. The van der Waals surface area contributed by atoms with Crippen LogP contribution < -0.4 is 4.74 Å². The molecule has 0 aromatic heterocycles. The molecule has 19 heavy (non-hydrogen) atoms. The molecule has 0 unspecified atom stereocenters. The molecule has 0 N–H and O–H groups in total. The quantitative estimate of drug-likeness (QED) is 0.601. The maximum Gasteiger partial charge on any atom is 0.343 e. The lowest BCUT2D eigenvalue weighted by molar-refractivity contribution is 0.0733. The van der Waals surface area contributed by atoms with Gasteiger partial charge in [-0.2, -0.15) is 0 Å². The molecule has 0 aliphatic rings. The van der Waals surface area contributed by atoms with Gasteiger partial charge in [-0.15, -0.1) is 0 Å². The Morgan fingerprint density at radius 3 is 2.32 bits per heavy atom. The highest BCUT2D eigenvalue weighted by atomic mass is 16.5. The molecule has 0 saturated heterocycles. The van der Waals surface area contributed by atoms with Gasteiger partial charge in [0.15, 0.2) is 0 Å². The van der Waals surface area contributed by atoms with Crippen LogP contribution in [0.15, 0.2) is 48.5 Å². The first-order valence-corrected chi connectivity index (χ1v) is 6.46. The zero-order chi connectivity index (χ0) is 13.8. The standard InChI is InChI=1S/C17H18O2/c1-12(2)16-13(3)8-7-11-15(16)17(18)19-14-9-5-4-6-10-14/h4-12H,1-3H3. The highest BCUT2D eigenvalue weighted by Crippen LogP contribution is 2.24. The Balaban J connectivity index is 2.32. The molecule has 2 aromatic rings. The van der Waals surface area contributed by atoms with E-state index in [2.05, 4.69) is 13.8 Å². The molecule has 0 radical (unpaired) electrons. The third-order valence-electron chi connectivity index (χ3n) is 3.08. The number of hydrogen-bond acceptors (Lipinski definition) is 2. The summed E-state index contributed by atoms with van der Waals surface area (Å²) in [7, 11) is 0. The highest BCUT2D eigenvalue weighted by Gasteiger charge is 2.17. The van der Waals surface area contributed by atoms with Gasteiger partial charge in [0.25, 0.3) is 0 Å². The van der Waals surface area contributed by atoms with Crippen LogP contribution in [0.25, 0.3) is 0 Å². The zero-order valence-corrected chi connectivity index (χ0v) is 11.5. The summed E-state index contributed by atoms with van der Waals surface area (Å²) < 4.78 is 5.41. The van der Waals surface area contributed by atoms with E-state index in [-0.39, 0.29) is 5.97 Å². The smallest absolute Gasteiger partial charge is 0.343 e. The second-order valence-electron chi connectivity index (χ2n) is 4.89. The van der Waals surface area contributed by atoms with Crippen LogP contribution in [0.1, 0.15) is 41.3 Å². The minimum Gasteiger partial charge on any atom is -0.423 e. The normalized spacial score (nSPS) is 10.5. The lowest BCUT2D eigenvalue weighted by atomic mass is 9.93. The van der Waals surface area contributed by atoms with Crippen molar-refractivity contribution >= 4 is 5.97 Å². The molecule has 0 aliphatic heterocycles. The van der Waals surface area contributed by atoms with E-state index in [1.54, 1.807) is 12.1 Å². The van der Waals surface area contributed by atoms with Crippen molar-refractivity contribution < 1.29 is 9.53 Å². The molecule has 0 amide bonds. The number of ether oxygens (including phenoxy) is 1. The van der Waals surface area contributed by atoms with E-state index < -0.39 is 0 Å². The molecule has 0 fully saturated rings. The van der Waals surface area contributed by atoms with Crippen molar-refractivity contribution in [3.63, 3.8) is 0 Å². The van der Waals surface area contributed by atoms with E-state index in [1.165, 1.54) is 0 Å². The van der Waals surface area contributed by atoms with Crippen LogP contribution in [0.3, 0.4) is 0 Å². The summed E-state index contributed by atoms with van der Waals surface area (Å²) in [4.78, 5) is 12.3. The average Bonchev–Trinajstić information content (AvgIpc) is 2.39. The molecule has 0 saturated carbocycles. The molecule has 2 heteroatoms. The molecule has 0 aliphatic carbocycles. The topological polar surface area (TPSA) is 26.3 Å². The van der Waals surface area contributed by atoms with Crippen molar-refractivity contribution in [2.75, 3.05) is 0 Å². The van der Waals surface area contributed by atoms with Crippen LogP contribution in [0, 0.1) is 6.92 Å². The van der Waals surface area contributed by atoms with Gasteiger partial charge in [0.1, 0.15) is 5.75 Å². The fraction of sp³-hybridized carbons (Fsp3) is 0.235. The van der Waals surface area contributed by atoms with Crippen molar-refractivity contribution in [3.05, 3.63) is 65.2 Å². The van der Waals surface area contributed by atoms with Crippen molar-refractivity contribution in [2.24, 2.45) is 0 Å². The number of carbonyl (C=O) groups is 1. The summed E-state index contributed by atoms with van der Waals surface area (Å²) in [5.74, 6) is 0.571. The monoisotopic (exact) mass is 254 g/mol. The molecule has 2 aromatic carbocycles. The highest BCUT2D eigenvalue weighted by molar-refractivity contribution is 5.93. The summed E-state index contributed by atoms with van der Waals surface area (Å²) in [6.07, 6.45) is 0. The second-order valence-corrected chi connectivity index (χ2v) is 4.89. The largest absolute Gasteiger partial charge is 0.423 e. The fourth-order valence-corrected chi connectivity index (χ4v) is 2.28. The van der Waals surface area contributed by atoms with Gasteiger partial charge in [-0.25, -0.2) is 4.79 Å². The zero-order valence-electron chi connectivity index (χ0n) is 11.5. The third kappa shape index (κ3) is 3.02. The summed E-state index contributed by atoms with van der Waals surface area (Å²) in [5, 5.41) is 0. The van der Waals surface area contributed by atoms with Gasteiger partial charge in [-0.05, 0) is 42.2 Å². The maximum atomic E-state index is 12.3. The number of rotatable bonds is 3. The molecule has 0 spiro atoms. The summed E-state index contributed by atoms with van der Waals surface area (Å²) in [6, 6.07) is 14.9. The lowest BCUT2D eigenvalue weighted by Gasteiger charge is -2.14. The van der Waals surface area contributed by atoms with Gasteiger partial charge >= 0.3 is 5.97 Å². The van der Waals surface area contributed by atoms with E-state index >= 15 is 0 Å². The van der Waals surface area contributed by atoms with Crippen LogP contribution in [0.2, 0.25) is 0 Å². The Hall–Kier alpha value is -2.09. The molecule has 98 valence electrons. The van der Waals surface area contributed by atoms with Crippen molar-refractivity contribution in [1.29, 1.82) is 0 Å². The van der Waals surface area contributed by atoms with Gasteiger partial charge in [0.2, 0.25) is 0 Å². The number of carbonyl (C=O) groups excluding carboxylic acids is 1. The van der Waals surface area contributed by atoms with Crippen LogP contribution in [-0.2, 0) is 0 Å². The molecule has 2 nitrogen and oxygen atoms in total. The molecule has 2 rings (SSSR count). The van der Waals surface area contributed by atoms with Gasteiger partial charge < -0.3 is 4.74 Å². The predicted octanol–water partition coefficient (Wildman–Crippen LogP) is 4.34. The average molecular weight is 254 g/mol. The van der Waals surface area contributed by atoms with E-state index in [0.717, 1.165) is 11.1 Å². The first-order chi connectivity index (χ1) is 9.09. The van der Waals surface area contributed by atoms with Crippen LogP contribution in [0.5, 0.6) is 5.75 Å². The number of para-hydroxylation sites is 1. The van der Waals surface area contributed by atoms with Crippen LogP contribution >= 0.6 is 0 Å². The molecular weight excluding hydrogens is 236 g/mol. The molecule has 0 bridgehead atoms. The van der Waals surface area contributed by atoms with Gasteiger partial charge in [0.05, 0.1) is 5.56 Å². The Bertz CT molecular complexity index is 571. The van der Waals surface area contributed by atoms with Gasteiger partial charge in [0, 0.05) is 0 Å². The maximum absolute atomic E-state index is 12.3. The second kappa shape index (κ2) is 5.70. The van der Waals surface area contributed by atoms with Gasteiger partial charge in [-0.3, -0.25) is 0 Å². The number of aryl methyl sites for hydroxylation is 1. The van der Waals surface area contributed by atoms with E-state index in [1.807, 2.05) is 43.3 Å². The van der Waals surface area contributed by atoms with Crippen molar-refractivity contribution in [2.45, 2.75) is 26.7 Å². The SMILES string of the molecule is Cc1cccc(C(=O)Oc2ccccc2)c1C(C)C. The Labute approximate surface area is 114 Å². The summed E-state index contributed by atoms with van der Waals surface area (Å²) in [5.41, 5.74) is 2.83. The van der Waals surface area contributed by atoms with Gasteiger partial charge in [-0.1, -0.05) is 44.2 Å². The first kappa shape index (κ1) is 13.3. The number of benzene rings is 2. The minimum absolute atomic E-state index is 0.291. The summed E-state index contributed by atoms with van der Waals surface area (Å²) >= 11 is 0. The molecular formula is C17H18O2. The lowest BCUT2D eigenvalue weighted by Crippen LogP contribution is -2.13. The number of esters is 1. The number of hydrogen-bond donors (Lipinski definition) is 0. The van der Waals surface area contributed by atoms with E-state index in [0.29, 0.717) is 17.2 Å². The van der Waals surface area contributed by atoms with E-state index in [4.69, 9.17) is 4.74 Å². The molecule has 0 atom stereocenters. The van der Waals surface area contributed by atoms with E-state index in [9.17, 15) is 4.79 Å². The first-order valence-electron chi connectivity index (χ1n) is 6.46.